The molecule has 2 atom stereocenters. The van der Waals surface area contributed by atoms with E-state index < -0.39 is 6.04 Å². The van der Waals surface area contributed by atoms with Crippen molar-refractivity contribution in [2.75, 3.05) is 32.8 Å². The number of halogens is 1. The van der Waals surface area contributed by atoms with Crippen molar-refractivity contribution >= 4 is 17.7 Å². The average molecular weight is 403 g/mol. The van der Waals surface area contributed by atoms with Gasteiger partial charge in [0, 0.05) is 45.8 Å². The molecule has 4 rings (SSSR count). The van der Waals surface area contributed by atoms with E-state index in [4.69, 9.17) is 4.74 Å². The van der Waals surface area contributed by atoms with E-state index in [9.17, 15) is 18.8 Å². The Morgan fingerprint density at radius 2 is 1.79 bits per heavy atom. The summed E-state index contributed by atoms with van der Waals surface area (Å²) in [6.45, 7) is 2.73. The summed E-state index contributed by atoms with van der Waals surface area (Å²) in [6, 6.07) is 5.59. The third-order valence-electron chi connectivity index (χ3n) is 5.96. The number of ether oxygens (including phenoxy) is 1. The van der Waals surface area contributed by atoms with Gasteiger partial charge in [-0.1, -0.05) is 12.1 Å². The van der Waals surface area contributed by atoms with Crippen LogP contribution in [0.4, 0.5) is 4.39 Å². The Balaban J connectivity index is 1.36. The van der Waals surface area contributed by atoms with Crippen LogP contribution in [0.25, 0.3) is 0 Å². The molecule has 3 aliphatic heterocycles. The number of rotatable bonds is 4. The molecule has 0 aromatic heterocycles. The van der Waals surface area contributed by atoms with Crippen LogP contribution in [-0.4, -0.2) is 77.4 Å². The molecule has 0 aliphatic carbocycles. The zero-order chi connectivity index (χ0) is 20.4. The van der Waals surface area contributed by atoms with E-state index in [0.717, 1.165) is 12.8 Å². The van der Waals surface area contributed by atoms with Crippen molar-refractivity contribution in [2.24, 2.45) is 0 Å². The highest BCUT2D eigenvalue weighted by Crippen LogP contribution is 2.24. The Bertz CT molecular complexity index is 788. The van der Waals surface area contributed by atoms with Crippen molar-refractivity contribution in [3.05, 3.63) is 35.6 Å². The third kappa shape index (κ3) is 4.27. The van der Waals surface area contributed by atoms with Crippen molar-refractivity contribution in [3.8, 4) is 0 Å². The molecule has 3 aliphatic rings. The Morgan fingerprint density at radius 1 is 1.07 bits per heavy atom. The summed E-state index contributed by atoms with van der Waals surface area (Å²) in [6.07, 6.45) is 2.13. The molecule has 2 unspecified atom stereocenters. The molecule has 1 aromatic carbocycles. The third-order valence-corrected chi connectivity index (χ3v) is 5.96. The van der Waals surface area contributed by atoms with Crippen LogP contribution in [0.3, 0.4) is 0 Å². The summed E-state index contributed by atoms with van der Waals surface area (Å²) in [5, 5.41) is 0. The summed E-state index contributed by atoms with van der Waals surface area (Å²) < 4.78 is 19.0. The van der Waals surface area contributed by atoms with Crippen LogP contribution in [-0.2, 0) is 25.7 Å². The molecule has 156 valence electrons. The lowest BCUT2D eigenvalue weighted by molar-refractivity contribution is -0.148. The van der Waals surface area contributed by atoms with Gasteiger partial charge in [-0.3, -0.25) is 14.4 Å². The second-order valence-electron chi connectivity index (χ2n) is 7.86. The van der Waals surface area contributed by atoms with Crippen LogP contribution >= 0.6 is 0 Å². The molecule has 0 spiro atoms. The van der Waals surface area contributed by atoms with E-state index in [1.807, 2.05) is 0 Å². The van der Waals surface area contributed by atoms with Crippen molar-refractivity contribution in [1.82, 2.24) is 14.7 Å². The molecule has 1 aromatic rings. The van der Waals surface area contributed by atoms with Gasteiger partial charge in [0.2, 0.25) is 11.8 Å². The van der Waals surface area contributed by atoms with Gasteiger partial charge in [-0.2, -0.15) is 0 Å². The smallest absolute Gasteiger partial charge is 0.251 e. The van der Waals surface area contributed by atoms with E-state index in [-0.39, 0.29) is 36.2 Å². The normalized spacial score (nSPS) is 25.0. The average Bonchev–Trinajstić information content (AvgIpc) is 3.38. The first-order chi connectivity index (χ1) is 14.0. The highest BCUT2D eigenvalue weighted by molar-refractivity contribution is 5.91. The van der Waals surface area contributed by atoms with Gasteiger partial charge >= 0.3 is 0 Å². The first-order valence-corrected chi connectivity index (χ1v) is 10.3. The van der Waals surface area contributed by atoms with Crippen LogP contribution < -0.4 is 0 Å². The maximum atomic E-state index is 13.5. The molecule has 0 bridgehead atoms. The predicted octanol–water partition coefficient (Wildman–Crippen LogP) is 1.17. The first-order valence-electron chi connectivity index (χ1n) is 10.3. The summed E-state index contributed by atoms with van der Waals surface area (Å²) in [5.74, 6) is -0.515. The fourth-order valence-corrected chi connectivity index (χ4v) is 4.35. The molecular formula is C21H26FN3O4. The monoisotopic (exact) mass is 403 g/mol. The zero-order valence-corrected chi connectivity index (χ0v) is 16.4. The van der Waals surface area contributed by atoms with Gasteiger partial charge in [-0.05, 0) is 37.0 Å². The molecule has 0 N–H and O–H groups in total. The highest BCUT2D eigenvalue weighted by Gasteiger charge is 2.39. The van der Waals surface area contributed by atoms with Crippen LogP contribution in [0.5, 0.6) is 0 Å². The van der Waals surface area contributed by atoms with Gasteiger partial charge in [0.1, 0.15) is 18.0 Å². The number of carbonyl (C=O) groups excluding carboxylic acids is 3. The SMILES string of the molecule is O=C(C1CCCO1)N1CCN(C(=O)C2CCC(=O)N2Cc2cccc(F)c2)CC1. The van der Waals surface area contributed by atoms with E-state index in [1.165, 1.54) is 12.1 Å². The van der Waals surface area contributed by atoms with Crippen LogP contribution in [0.1, 0.15) is 31.2 Å². The highest BCUT2D eigenvalue weighted by atomic mass is 19.1. The molecule has 29 heavy (non-hydrogen) atoms. The molecule has 3 fully saturated rings. The summed E-state index contributed by atoms with van der Waals surface area (Å²) >= 11 is 0. The Hall–Kier alpha value is -2.48. The first kappa shape index (κ1) is 19.8. The maximum Gasteiger partial charge on any atom is 0.251 e. The quantitative estimate of drug-likeness (QED) is 0.757. The van der Waals surface area contributed by atoms with E-state index in [2.05, 4.69) is 0 Å². The fourth-order valence-electron chi connectivity index (χ4n) is 4.35. The predicted molar refractivity (Wildman–Crippen MR) is 102 cm³/mol. The molecule has 3 saturated heterocycles. The minimum absolute atomic E-state index is 0.0124. The number of hydrogen-bond acceptors (Lipinski definition) is 4. The standard InChI is InChI=1S/C21H26FN3O4/c22-16-4-1-3-15(13-16)14-25-17(6-7-19(25)26)20(27)23-8-10-24(11-9-23)21(28)18-5-2-12-29-18/h1,3-4,13,17-18H,2,5-12,14H2. The molecule has 3 heterocycles. The molecular weight excluding hydrogens is 377 g/mol. The van der Waals surface area contributed by atoms with Crippen LogP contribution in [0, 0.1) is 5.82 Å². The van der Waals surface area contributed by atoms with Gasteiger partial charge < -0.3 is 19.4 Å². The van der Waals surface area contributed by atoms with Crippen LogP contribution in [0.15, 0.2) is 24.3 Å². The maximum absolute atomic E-state index is 13.5. The van der Waals surface area contributed by atoms with Gasteiger partial charge in [0.25, 0.3) is 5.91 Å². The lowest BCUT2D eigenvalue weighted by Gasteiger charge is -2.38. The number of nitrogens with zero attached hydrogens (tertiary/aromatic N) is 3. The Labute approximate surface area is 169 Å². The molecule has 0 radical (unpaired) electrons. The minimum atomic E-state index is -0.522. The summed E-state index contributed by atoms with van der Waals surface area (Å²) in [7, 11) is 0. The Morgan fingerprint density at radius 3 is 2.45 bits per heavy atom. The number of hydrogen-bond donors (Lipinski definition) is 0. The van der Waals surface area contributed by atoms with Crippen molar-refractivity contribution < 1.29 is 23.5 Å². The van der Waals surface area contributed by atoms with E-state index in [1.54, 1.807) is 26.8 Å². The van der Waals surface area contributed by atoms with E-state index in [0.29, 0.717) is 51.2 Å². The second kappa shape index (κ2) is 8.49. The lowest BCUT2D eigenvalue weighted by Crippen LogP contribution is -2.56. The zero-order valence-electron chi connectivity index (χ0n) is 16.4. The van der Waals surface area contributed by atoms with Crippen LogP contribution in [0.2, 0.25) is 0 Å². The Kier molecular flexibility index (Phi) is 5.80. The number of piperazine rings is 1. The molecule has 3 amide bonds. The van der Waals surface area contributed by atoms with E-state index >= 15 is 0 Å². The molecule has 8 heteroatoms. The van der Waals surface area contributed by atoms with Crippen molar-refractivity contribution in [2.45, 2.75) is 44.4 Å². The fraction of sp³-hybridized carbons (Fsp3) is 0.571. The number of likely N-dealkylation sites (tertiary alicyclic amines) is 1. The van der Waals surface area contributed by atoms with Crippen molar-refractivity contribution in [3.63, 3.8) is 0 Å². The summed E-state index contributed by atoms with van der Waals surface area (Å²) in [5.41, 5.74) is 0.671. The van der Waals surface area contributed by atoms with Gasteiger partial charge in [-0.15, -0.1) is 0 Å². The lowest BCUT2D eigenvalue weighted by atomic mass is 10.1. The van der Waals surface area contributed by atoms with Crippen molar-refractivity contribution in [1.29, 1.82) is 0 Å². The summed E-state index contributed by atoms with van der Waals surface area (Å²) in [4.78, 5) is 43.0. The number of carbonyl (C=O) groups is 3. The number of benzene rings is 1. The molecule has 0 saturated carbocycles. The minimum Gasteiger partial charge on any atom is -0.368 e. The largest absolute Gasteiger partial charge is 0.368 e. The van der Waals surface area contributed by atoms with Gasteiger partial charge in [-0.25, -0.2) is 4.39 Å². The number of amides is 3. The second-order valence-corrected chi connectivity index (χ2v) is 7.86. The van der Waals surface area contributed by atoms with Gasteiger partial charge in [0.15, 0.2) is 0 Å². The van der Waals surface area contributed by atoms with Gasteiger partial charge in [0.05, 0.1) is 0 Å². The molecule has 7 nitrogen and oxygen atoms in total. The topological polar surface area (TPSA) is 70.2 Å².